The van der Waals surface area contributed by atoms with Gasteiger partial charge >= 0.3 is 0 Å². The van der Waals surface area contributed by atoms with E-state index in [1.54, 1.807) is 54.5 Å². The molecule has 2 aromatic carbocycles. The van der Waals surface area contributed by atoms with E-state index in [9.17, 15) is 78.3 Å². The Bertz CT molecular complexity index is 3550. The van der Waals surface area contributed by atoms with Crippen LogP contribution < -0.4 is 21.3 Å². The molecule has 1 heterocycles. The van der Waals surface area contributed by atoms with Crippen LogP contribution in [0, 0.1) is 55.3 Å². The number of amides is 11. The number of allylic oxidation sites excluding steroid dienone is 2. The van der Waals surface area contributed by atoms with E-state index in [2.05, 4.69) is 21.3 Å². The Morgan fingerprint density at radius 2 is 0.841 bits per heavy atom. The number of carbonyl (C=O) groups excluding carboxylic acids is 13. The second kappa shape index (κ2) is 39.6. The van der Waals surface area contributed by atoms with Crippen molar-refractivity contribution < 1.29 is 87.9 Å². The molecule has 107 heavy (non-hydrogen) atoms. The van der Waals surface area contributed by atoms with Crippen molar-refractivity contribution in [2.24, 2.45) is 41.4 Å². The fourth-order valence-electron chi connectivity index (χ4n) is 13.4. The van der Waals surface area contributed by atoms with Crippen LogP contribution in [0.4, 0.5) is 0 Å². The molecule has 0 spiro atoms. The molecule has 2 aliphatic rings. The van der Waals surface area contributed by atoms with E-state index in [1.165, 1.54) is 102 Å². The topological polar surface area (TPSA) is 394 Å². The zero-order valence-corrected chi connectivity index (χ0v) is 67.8. The molecule has 9 N–H and O–H groups in total. The summed E-state index contributed by atoms with van der Waals surface area (Å²) in [6.45, 7) is 32.3. The van der Waals surface area contributed by atoms with Crippen molar-refractivity contribution in [1.29, 1.82) is 0 Å². The molecule has 0 radical (unpaired) electrons. The number of aryl methyl sites for hydroxylation is 2. The number of aliphatic hydroxyl groups is 1. The van der Waals surface area contributed by atoms with E-state index in [1.807, 2.05) is 61.5 Å². The van der Waals surface area contributed by atoms with Gasteiger partial charge in [0.1, 0.15) is 83.4 Å². The minimum Gasteiger partial charge on any atom is -0.507 e. The number of aromatic hydroxyl groups is 4. The van der Waals surface area contributed by atoms with Gasteiger partial charge in [-0.25, -0.2) is 0 Å². The van der Waals surface area contributed by atoms with Crippen LogP contribution >= 0.6 is 0 Å². The number of hydrogen-bond donors (Lipinski definition) is 9. The molecule has 4 rings (SSSR count). The number of nitrogens with one attached hydrogen (secondary N) is 4. The maximum Gasteiger partial charge on any atom is 0.246 e. The van der Waals surface area contributed by atoms with E-state index in [0.717, 1.165) is 21.9 Å². The largest absolute Gasteiger partial charge is 0.507 e. The molecule has 12 atom stereocenters. The monoisotopic (exact) mass is 1500 g/mol. The molecule has 0 saturated carbocycles. The SMILES string of the molecule is CC=CCC(C)C(O)C1C(=O)NC(CC)C(=O)N(C)CC(=O)N(C)C(CC(C)C)C(=O)NC(C(C)C)C(=O)N(C)C(CC(C)C)C(=O)NC(C)C(=O)NC(C)C(=O)N(C)C(CC(C)C)C(=O)N(C)C(CC(C)C)C(=O)N(C)C(C(C)C)C(=O)N1C.Cc1cc(O)c2c(c1O)C(=O)c1c(O)cc(C)c(O)c1C2=O. The Balaban J connectivity index is 0.00000113. The molecule has 1 aliphatic carbocycles. The maximum absolute atomic E-state index is 15.1. The highest BCUT2D eigenvalue weighted by molar-refractivity contribution is 6.32. The average molecular weight is 1500 g/mol. The second-order valence-corrected chi connectivity index (χ2v) is 31.4. The lowest BCUT2D eigenvalue weighted by Gasteiger charge is -2.41. The summed E-state index contributed by atoms with van der Waals surface area (Å²) < 4.78 is 0. The van der Waals surface area contributed by atoms with Gasteiger partial charge in [0, 0.05) is 49.3 Å². The molecule has 1 aliphatic heterocycles. The Hall–Kier alpha value is -9.15. The van der Waals surface area contributed by atoms with Gasteiger partial charge in [-0.2, -0.15) is 0 Å². The molecule has 598 valence electrons. The predicted octanol–water partition coefficient (Wildman–Crippen LogP) is 5.17. The van der Waals surface area contributed by atoms with E-state index < -0.39 is 190 Å². The number of rotatable bonds is 15. The Kier molecular flexibility index (Phi) is 34.1. The van der Waals surface area contributed by atoms with Crippen LogP contribution in [0.1, 0.15) is 199 Å². The lowest BCUT2D eigenvalue weighted by Crippen LogP contribution is -2.63. The van der Waals surface area contributed by atoms with Crippen LogP contribution in [0.3, 0.4) is 0 Å². The maximum atomic E-state index is 15.1. The van der Waals surface area contributed by atoms with Gasteiger partial charge in [-0.1, -0.05) is 109 Å². The summed E-state index contributed by atoms with van der Waals surface area (Å²) in [4.78, 5) is 194. The number of carbonyl (C=O) groups is 13. The highest BCUT2D eigenvalue weighted by Gasteiger charge is 2.47. The highest BCUT2D eigenvalue weighted by Crippen LogP contribution is 2.45. The van der Waals surface area contributed by atoms with Crippen LogP contribution in [0.25, 0.3) is 0 Å². The van der Waals surface area contributed by atoms with Gasteiger partial charge in [-0.05, 0) is 138 Å². The summed E-state index contributed by atoms with van der Waals surface area (Å²) >= 11 is 0. The van der Waals surface area contributed by atoms with Gasteiger partial charge in [0.2, 0.25) is 76.5 Å². The number of ketones is 2. The van der Waals surface area contributed by atoms with Crippen molar-refractivity contribution in [2.75, 3.05) is 55.9 Å². The molecule has 11 amide bonds. The molecular weight excluding hydrogens is 1380 g/mol. The summed E-state index contributed by atoms with van der Waals surface area (Å²) in [6, 6.07) is -10.00. The Morgan fingerprint density at radius 1 is 0.449 bits per heavy atom. The third-order valence-electron chi connectivity index (χ3n) is 19.9. The van der Waals surface area contributed by atoms with Crippen LogP contribution in [0.15, 0.2) is 24.3 Å². The summed E-state index contributed by atoms with van der Waals surface area (Å²) in [5.74, 6) is -13.2. The number of phenols is 4. The minimum atomic E-state index is -1.61. The molecule has 29 nitrogen and oxygen atoms in total. The number of hydrogen-bond acceptors (Lipinski definition) is 18. The molecular formula is C78H123N11O18. The number of nitrogens with zero attached hydrogens (tertiary/aromatic N) is 7. The molecule has 1 saturated heterocycles. The normalized spacial score (nSPS) is 24.0. The number of likely N-dealkylation sites (N-methyl/N-ethyl adjacent to an activating group) is 7. The van der Waals surface area contributed by atoms with Gasteiger partial charge in [-0.3, -0.25) is 62.3 Å². The van der Waals surface area contributed by atoms with E-state index in [-0.39, 0.29) is 89.2 Å². The first-order valence-corrected chi connectivity index (χ1v) is 37.0. The zero-order chi connectivity index (χ0) is 82.3. The first-order chi connectivity index (χ1) is 49.5. The lowest BCUT2D eigenvalue weighted by molar-refractivity contribution is -0.157. The van der Waals surface area contributed by atoms with Crippen molar-refractivity contribution in [3.8, 4) is 23.0 Å². The smallest absolute Gasteiger partial charge is 0.246 e. The number of benzene rings is 2. The lowest BCUT2D eigenvalue weighted by atomic mass is 9.80. The Labute approximate surface area is 631 Å². The molecule has 1 fully saturated rings. The van der Waals surface area contributed by atoms with E-state index >= 15 is 9.59 Å². The quantitative estimate of drug-likeness (QED) is 0.0700. The predicted molar refractivity (Wildman–Crippen MR) is 404 cm³/mol. The van der Waals surface area contributed by atoms with Gasteiger partial charge < -0.3 is 81.1 Å². The van der Waals surface area contributed by atoms with Crippen molar-refractivity contribution in [3.05, 3.63) is 57.7 Å². The zero-order valence-electron chi connectivity index (χ0n) is 67.8. The molecule has 0 bridgehead atoms. The molecule has 12 unspecified atom stereocenters. The Morgan fingerprint density at radius 3 is 1.26 bits per heavy atom. The van der Waals surface area contributed by atoms with Crippen molar-refractivity contribution in [2.45, 2.75) is 237 Å². The fourth-order valence-corrected chi connectivity index (χ4v) is 13.4. The molecule has 0 aromatic heterocycles. The number of aliphatic hydroxyl groups excluding tert-OH is 1. The number of phenolic OH excluding ortho intramolecular Hbond substituents is 4. The van der Waals surface area contributed by atoms with Gasteiger partial charge in [0.05, 0.1) is 34.9 Å². The van der Waals surface area contributed by atoms with E-state index in [0.29, 0.717) is 6.42 Å². The van der Waals surface area contributed by atoms with Gasteiger partial charge in [0.15, 0.2) is 0 Å². The van der Waals surface area contributed by atoms with Crippen LogP contribution in [0.5, 0.6) is 23.0 Å². The fraction of sp³-hybridized carbons (Fsp3) is 0.654. The first kappa shape index (κ1) is 92.1. The highest BCUT2D eigenvalue weighted by atomic mass is 16.3. The van der Waals surface area contributed by atoms with Gasteiger partial charge in [0.25, 0.3) is 0 Å². The van der Waals surface area contributed by atoms with Crippen molar-refractivity contribution in [1.82, 2.24) is 55.6 Å². The molecule has 29 heteroatoms. The molecule has 2 aromatic rings. The van der Waals surface area contributed by atoms with Gasteiger partial charge in [-0.15, -0.1) is 0 Å². The van der Waals surface area contributed by atoms with Crippen LogP contribution in [-0.2, 0) is 52.7 Å². The van der Waals surface area contributed by atoms with E-state index in [4.69, 9.17) is 0 Å². The average Bonchev–Trinajstić information content (AvgIpc) is 0.741. The second-order valence-electron chi connectivity index (χ2n) is 31.4. The summed E-state index contributed by atoms with van der Waals surface area (Å²) in [6.07, 6.45) is 3.04. The minimum absolute atomic E-state index is 0.0229. The third-order valence-corrected chi connectivity index (χ3v) is 19.9. The first-order valence-electron chi connectivity index (χ1n) is 37.0. The number of fused-ring (bicyclic) bond motifs is 2. The summed E-state index contributed by atoms with van der Waals surface area (Å²) in [5.41, 5.74) is -1.04. The summed E-state index contributed by atoms with van der Waals surface area (Å²) in [7, 11) is 9.92. The summed E-state index contributed by atoms with van der Waals surface area (Å²) in [5, 5.41) is 63.2. The van der Waals surface area contributed by atoms with Crippen molar-refractivity contribution >= 4 is 76.5 Å². The standard InChI is InChI=1S/C62H111N11O12.C16H12O6/c1-25-27-28-40(15)52(75)51-56(79)65-43(26-2)58(81)67(18)33-48(74)68(19)44(29-34(3)4)55(78)66-49(38(11)12)61(84)69(20)45(30-35(5)6)54(77)63-41(16)53(76)64-42(17)57(80)70(21)46(31-36(7)8)59(82)71(22)47(32-37(9)10)60(83)72(23)50(39(13)14)62(85)73(51)24;1-5-3-7(17)9-11(13(5)19)15(21)10-8(18)4-6(2)14(20)12(10)16(9)22/h25,27,34-47,49-52,75H,26,28-33H2,1-24H3,(H,63,77)(H,64,76)(H,65,79)(H,66,78);3-4,17-20H,1-2H3. The van der Waals surface area contributed by atoms with Crippen LogP contribution in [-0.4, -0.2) is 259 Å². The van der Waals surface area contributed by atoms with Crippen molar-refractivity contribution in [3.63, 3.8) is 0 Å². The van der Waals surface area contributed by atoms with Crippen LogP contribution in [0.2, 0.25) is 0 Å². The third kappa shape index (κ3) is 22.5.